The fraction of sp³-hybridized carbons (Fsp3) is 0.353. The molecule has 1 aromatic carbocycles. The van der Waals surface area contributed by atoms with Crippen molar-refractivity contribution in [1.82, 2.24) is 19.5 Å². The third-order valence-corrected chi connectivity index (χ3v) is 4.94. The van der Waals surface area contributed by atoms with Crippen molar-refractivity contribution in [1.29, 1.82) is 0 Å². The number of imidazole rings is 1. The van der Waals surface area contributed by atoms with E-state index in [-0.39, 0.29) is 0 Å². The lowest BCUT2D eigenvalue weighted by molar-refractivity contribution is -0.0511. The van der Waals surface area contributed by atoms with Gasteiger partial charge in [-0.25, -0.2) is 15.0 Å². The van der Waals surface area contributed by atoms with Crippen LogP contribution < -0.4 is 11.1 Å². The number of ether oxygens (including phenoxy) is 1. The van der Waals surface area contributed by atoms with Crippen LogP contribution in [0.4, 0.5) is 11.5 Å². The van der Waals surface area contributed by atoms with Gasteiger partial charge in [0.1, 0.15) is 24.6 Å². The van der Waals surface area contributed by atoms with Crippen LogP contribution in [0.2, 0.25) is 5.02 Å². The number of nitrogens with one attached hydrogen (secondary N) is 1. The maximum atomic E-state index is 10.2. The average Bonchev–Trinajstić information content (AvgIpc) is 3.23. The molecule has 10 nitrogen and oxygen atoms in total. The van der Waals surface area contributed by atoms with Crippen molar-refractivity contribution in [2.45, 2.75) is 31.1 Å². The van der Waals surface area contributed by atoms with E-state index in [0.717, 1.165) is 5.56 Å². The highest BCUT2D eigenvalue weighted by Gasteiger charge is 2.44. The van der Waals surface area contributed by atoms with Gasteiger partial charge in [0, 0.05) is 17.3 Å². The molecule has 1 saturated heterocycles. The minimum absolute atomic E-state index is 0.399. The lowest BCUT2D eigenvalue weighted by atomic mass is 10.1. The van der Waals surface area contributed by atoms with E-state index in [1.165, 1.54) is 17.2 Å². The Bertz CT molecular complexity index is 999. The number of hydrogen-bond acceptors (Lipinski definition) is 9. The van der Waals surface area contributed by atoms with Crippen molar-refractivity contribution >= 4 is 34.3 Å². The molecule has 148 valence electrons. The van der Waals surface area contributed by atoms with Crippen LogP contribution in [0.1, 0.15) is 11.8 Å². The highest BCUT2D eigenvalue weighted by Crippen LogP contribution is 2.32. The molecule has 6 N–H and O–H groups in total. The van der Waals surface area contributed by atoms with Crippen LogP contribution in [0.5, 0.6) is 0 Å². The Hall–Kier alpha value is -2.50. The summed E-state index contributed by atoms with van der Waals surface area (Å²) < 4.78 is 7.05. The first-order valence-electron chi connectivity index (χ1n) is 8.57. The van der Waals surface area contributed by atoms with Crippen molar-refractivity contribution in [2.24, 2.45) is 0 Å². The molecular formula is C17H19ClN6O4. The van der Waals surface area contributed by atoms with Gasteiger partial charge in [0.05, 0.1) is 12.9 Å². The molecule has 1 unspecified atom stereocenters. The number of rotatable bonds is 5. The molecule has 0 saturated carbocycles. The number of aromatic nitrogens is 4. The Morgan fingerprint density at radius 1 is 1.21 bits per heavy atom. The van der Waals surface area contributed by atoms with E-state index in [1.54, 1.807) is 12.1 Å². The van der Waals surface area contributed by atoms with Crippen molar-refractivity contribution in [2.75, 3.05) is 17.7 Å². The zero-order valence-electron chi connectivity index (χ0n) is 14.6. The number of aliphatic hydroxyl groups excluding tert-OH is 3. The minimum Gasteiger partial charge on any atom is -0.398 e. The summed E-state index contributed by atoms with van der Waals surface area (Å²) in [6.07, 6.45) is -1.44. The number of nitrogens with two attached hydrogens (primary N) is 1. The van der Waals surface area contributed by atoms with Crippen LogP contribution >= 0.6 is 11.6 Å². The van der Waals surface area contributed by atoms with Gasteiger partial charge in [0.2, 0.25) is 0 Å². The number of nitrogens with zero attached hydrogens (tertiary/aromatic N) is 4. The van der Waals surface area contributed by atoms with Crippen molar-refractivity contribution in [3.8, 4) is 0 Å². The zero-order valence-corrected chi connectivity index (χ0v) is 15.4. The predicted molar refractivity (Wildman–Crippen MR) is 102 cm³/mol. The third-order valence-electron chi connectivity index (χ3n) is 4.70. The second-order valence-electron chi connectivity index (χ2n) is 6.47. The molecule has 1 aliphatic heterocycles. The van der Waals surface area contributed by atoms with Crippen molar-refractivity contribution < 1.29 is 20.1 Å². The maximum absolute atomic E-state index is 10.2. The van der Waals surface area contributed by atoms with Crippen molar-refractivity contribution in [3.05, 3.63) is 41.4 Å². The Morgan fingerprint density at radius 2 is 2.04 bits per heavy atom. The lowest BCUT2D eigenvalue weighted by Crippen LogP contribution is -2.33. The number of halogens is 1. The van der Waals surface area contributed by atoms with Gasteiger partial charge in [-0.2, -0.15) is 0 Å². The third kappa shape index (κ3) is 3.25. The summed E-state index contributed by atoms with van der Waals surface area (Å²) in [4.78, 5) is 12.7. The summed E-state index contributed by atoms with van der Waals surface area (Å²) in [5, 5.41) is 33.2. The van der Waals surface area contributed by atoms with Gasteiger partial charge in [-0.1, -0.05) is 17.7 Å². The molecule has 4 atom stereocenters. The monoisotopic (exact) mass is 406 g/mol. The molecule has 0 amide bonds. The van der Waals surface area contributed by atoms with E-state index in [9.17, 15) is 15.3 Å². The Kier molecular flexibility index (Phi) is 5.04. The van der Waals surface area contributed by atoms with E-state index in [1.807, 2.05) is 6.07 Å². The SMILES string of the molecule is Nc1cc(Cl)ccc1CNc1ncnc2c1ncn2C1O[C@H](CO)[C@@H](O)[C@H]1O. The van der Waals surface area contributed by atoms with Gasteiger partial charge in [-0.3, -0.25) is 4.57 Å². The Balaban J connectivity index is 1.60. The maximum Gasteiger partial charge on any atom is 0.167 e. The number of aliphatic hydroxyl groups is 3. The van der Waals surface area contributed by atoms with Crippen LogP contribution in [0.3, 0.4) is 0 Å². The van der Waals surface area contributed by atoms with Crippen LogP contribution in [-0.2, 0) is 11.3 Å². The summed E-state index contributed by atoms with van der Waals surface area (Å²) in [7, 11) is 0. The summed E-state index contributed by atoms with van der Waals surface area (Å²) in [6.45, 7) is -0.0124. The first-order chi connectivity index (χ1) is 13.5. The molecule has 0 spiro atoms. The highest BCUT2D eigenvalue weighted by molar-refractivity contribution is 6.30. The van der Waals surface area contributed by atoms with Gasteiger partial charge in [-0.15, -0.1) is 0 Å². The zero-order chi connectivity index (χ0) is 19.8. The van der Waals surface area contributed by atoms with Crippen LogP contribution in [-0.4, -0.2) is 59.8 Å². The van der Waals surface area contributed by atoms with Crippen LogP contribution in [0, 0.1) is 0 Å². The summed E-state index contributed by atoms with van der Waals surface area (Å²) in [5.41, 5.74) is 8.26. The van der Waals surface area contributed by atoms with E-state index in [0.29, 0.717) is 34.2 Å². The molecule has 3 heterocycles. The van der Waals surface area contributed by atoms with Gasteiger partial charge in [0.25, 0.3) is 0 Å². The number of benzene rings is 1. The quantitative estimate of drug-likeness (QED) is 0.376. The topological polar surface area (TPSA) is 152 Å². The molecule has 4 rings (SSSR count). The standard InChI is InChI=1S/C17H19ClN6O4/c18-9-2-1-8(10(19)3-9)4-20-15-12-16(22-6-21-15)24(7-23-12)17-14(27)13(26)11(5-25)28-17/h1-3,6-7,11,13-14,17,25-27H,4-5,19H2,(H,20,21,22)/t11-,13-,14-,17?/m1/s1. The molecule has 0 radical (unpaired) electrons. The normalized spacial score (nSPS) is 24.7. The van der Waals surface area contributed by atoms with Crippen LogP contribution in [0.25, 0.3) is 11.2 Å². The van der Waals surface area contributed by atoms with Gasteiger partial charge < -0.3 is 31.1 Å². The summed E-state index contributed by atoms with van der Waals surface area (Å²) >= 11 is 5.92. The predicted octanol–water partition coefficient (Wildman–Crippen LogP) is 0.285. The molecule has 11 heteroatoms. The van der Waals surface area contributed by atoms with Gasteiger partial charge >= 0.3 is 0 Å². The second kappa shape index (κ2) is 7.49. The Morgan fingerprint density at radius 3 is 2.75 bits per heavy atom. The smallest absolute Gasteiger partial charge is 0.167 e. The summed E-state index contributed by atoms with van der Waals surface area (Å²) in [5.74, 6) is 0.477. The summed E-state index contributed by atoms with van der Waals surface area (Å²) in [6, 6.07) is 5.24. The number of nitrogen functional groups attached to an aromatic ring is 1. The minimum atomic E-state index is -1.23. The number of anilines is 2. The van der Waals surface area contributed by atoms with Crippen LogP contribution in [0.15, 0.2) is 30.9 Å². The molecular weight excluding hydrogens is 388 g/mol. The lowest BCUT2D eigenvalue weighted by Gasteiger charge is -2.16. The van der Waals surface area contributed by atoms with Crippen molar-refractivity contribution in [3.63, 3.8) is 0 Å². The molecule has 1 fully saturated rings. The van der Waals surface area contributed by atoms with E-state index in [4.69, 9.17) is 22.1 Å². The second-order valence-corrected chi connectivity index (χ2v) is 6.91. The first-order valence-corrected chi connectivity index (χ1v) is 8.95. The molecule has 1 aliphatic rings. The first kappa shape index (κ1) is 18.8. The molecule has 0 bridgehead atoms. The van der Waals surface area contributed by atoms with E-state index >= 15 is 0 Å². The van der Waals surface area contributed by atoms with E-state index < -0.39 is 31.1 Å². The Labute approximate surface area is 164 Å². The van der Waals surface area contributed by atoms with E-state index in [2.05, 4.69) is 20.3 Å². The largest absolute Gasteiger partial charge is 0.398 e. The fourth-order valence-electron chi connectivity index (χ4n) is 3.18. The van der Waals surface area contributed by atoms with Gasteiger partial charge in [-0.05, 0) is 17.7 Å². The molecule has 2 aromatic heterocycles. The molecule has 3 aromatic rings. The average molecular weight is 407 g/mol. The number of fused-ring (bicyclic) bond motifs is 1. The molecule has 0 aliphatic carbocycles. The highest BCUT2D eigenvalue weighted by atomic mass is 35.5. The fourth-order valence-corrected chi connectivity index (χ4v) is 3.36. The molecule has 28 heavy (non-hydrogen) atoms. The number of hydrogen-bond donors (Lipinski definition) is 5. The van der Waals surface area contributed by atoms with Gasteiger partial charge in [0.15, 0.2) is 23.2 Å².